The number of hydrogen-bond donors (Lipinski definition) is 2. The van der Waals surface area contributed by atoms with E-state index < -0.39 is 5.97 Å². The van der Waals surface area contributed by atoms with Gasteiger partial charge in [0.15, 0.2) is 0 Å². The summed E-state index contributed by atoms with van der Waals surface area (Å²) in [4.78, 5) is 20.8. The first-order chi connectivity index (χ1) is 5.66. The number of carboxylic acid groups (broad SMARTS) is 1. The molecule has 13 heavy (non-hydrogen) atoms. The van der Waals surface area contributed by atoms with Crippen LogP contribution < -0.4 is 6.15 Å². The molecule has 5 nitrogen and oxygen atoms in total. The molecule has 0 fully saturated rings. The van der Waals surface area contributed by atoms with E-state index in [1.807, 2.05) is 0 Å². The number of esters is 1. The maximum atomic E-state index is 10.7. The van der Waals surface area contributed by atoms with Crippen molar-refractivity contribution in [2.24, 2.45) is 0 Å². The number of unbranched alkanes of at least 4 members (excludes halogenated alkanes) is 1. The predicted octanol–water partition coefficient (Wildman–Crippen LogP) is 1.36. The van der Waals surface area contributed by atoms with Crippen LogP contribution in [0.3, 0.4) is 0 Å². The lowest BCUT2D eigenvalue weighted by atomic mass is 10.2. The number of carboxylic acids is 1. The van der Waals surface area contributed by atoms with Gasteiger partial charge in [0.2, 0.25) is 0 Å². The summed E-state index contributed by atoms with van der Waals surface area (Å²) < 4.78 is 4.66. The van der Waals surface area contributed by atoms with Crippen molar-refractivity contribution < 1.29 is 19.4 Å². The summed E-state index contributed by atoms with van der Waals surface area (Å²) in [7, 11) is 0. The topological polar surface area (TPSA) is 98.6 Å². The van der Waals surface area contributed by atoms with Crippen molar-refractivity contribution in [3.8, 4) is 0 Å². The molecule has 0 aromatic carbocycles. The third-order valence-corrected chi connectivity index (χ3v) is 1.33. The Labute approximate surface area is 77.7 Å². The second-order valence-corrected chi connectivity index (χ2v) is 2.41. The molecule has 78 valence electrons. The molecule has 0 spiro atoms. The van der Waals surface area contributed by atoms with Crippen LogP contribution in [0.4, 0.5) is 0 Å². The van der Waals surface area contributed by atoms with Crippen LogP contribution in [0.1, 0.15) is 32.6 Å². The summed E-state index contributed by atoms with van der Waals surface area (Å²) >= 11 is 0. The minimum Gasteiger partial charge on any atom is -0.481 e. The van der Waals surface area contributed by atoms with Crippen LogP contribution in [0, 0.1) is 0 Å². The second kappa shape index (κ2) is 8.99. The molecule has 0 bridgehead atoms. The molecule has 4 N–H and O–H groups in total. The van der Waals surface area contributed by atoms with E-state index in [4.69, 9.17) is 5.11 Å². The fourth-order valence-corrected chi connectivity index (χ4v) is 0.779. The van der Waals surface area contributed by atoms with Crippen molar-refractivity contribution in [2.45, 2.75) is 32.6 Å². The first kappa shape index (κ1) is 14.4. The third-order valence-electron chi connectivity index (χ3n) is 1.33. The van der Waals surface area contributed by atoms with Crippen LogP contribution in [-0.4, -0.2) is 23.7 Å². The van der Waals surface area contributed by atoms with Gasteiger partial charge in [-0.05, 0) is 19.8 Å². The average molecular weight is 191 g/mol. The smallest absolute Gasteiger partial charge is 0.305 e. The van der Waals surface area contributed by atoms with Gasteiger partial charge in [0.1, 0.15) is 0 Å². The molecular formula is C8H17NO4. The predicted molar refractivity (Wildman–Crippen MR) is 47.8 cm³/mol. The minimum absolute atomic E-state index is 0. The maximum absolute atomic E-state index is 10.7. The summed E-state index contributed by atoms with van der Waals surface area (Å²) in [5, 5.41) is 8.27. The Balaban J connectivity index is 0. The SMILES string of the molecule is CCOC(=O)CCCCC(=O)O.N. The normalized spacial score (nSPS) is 8.69. The molecule has 0 rings (SSSR count). The Bertz CT molecular complexity index is 158. The van der Waals surface area contributed by atoms with E-state index in [-0.39, 0.29) is 18.5 Å². The highest BCUT2D eigenvalue weighted by Crippen LogP contribution is 2.00. The van der Waals surface area contributed by atoms with E-state index in [2.05, 4.69) is 4.74 Å². The highest BCUT2D eigenvalue weighted by atomic mass is 16.5. The second-order valence-electron chi connectivity index (χ2n) is 2.41. The van der Waals surface area contributed by atoms with Crippen molar-refractivity contribution in [2.75, 3.05) is 6.61 Å². The fraction of sp³-hybridized carbons (Fsp3) is 0.750. The Morgan fingerprint density at radius 3 is 2.23 bits per heavy atom. The largest absolute Gasteiger partial charge is 0.481 e. The van der Waals surface area contributed by atoms with Crippen LogP contribution in [0.25, 0.3) is 0 Å². The van der Waals surface area contributed by atoms with E-state index in [1.54, 1.807) is 6.92 Å². The zero-order valence-corrected chi connectivity index (χ0v) is 7.91. The Hall–Kier alpha value is -1.10. The van der Waals surface area contributed by atoms with Gasteiger partial charge in [0, 0.05) is 12.8 Å². The summed E-state index contributed by atoms with van der Waals surface area (Å²) in [6.07, 6.45) is 1.57. The van der Waals surface area contributed by atoms with Gasteiger partial charge in [-0.25, -0.2) is 0 Å². The van der Waals surface area contributed by atoms with Crippen molar-refractivity contribution in [3.05, 3.63) is 0 Å². The lowest BCUT2D eigenvalue weighted by molar-refractivity contribution is -0.143. The van der Waals surface area contributed by atoms with Crippen LogP contribution in [0.5, 0.6) is 0 Å². The van der Waals surface area contributed by atoms with E-state index in [0.29, 0.717) is 25.9 Å². The third kappa shape index (κ3) is 10.9. The van der Waals surface area contributed by atoms with Gasteiger partial charge in [0.05, 0.1) is 6.61 Å². The summed E-state index contributed by atoms with van der Waals surface area (Å²) in [6, 6.07) is 0. The lowest BCUT2D eigenvalue weighted by Gasteiger charge is -1.99. The molecular weight excluding hydrogens is 174 g/mol. The first-order valence-corrected chi connectivity index (χ1v) is 4.04. The van der Waals surface area contributed by atoms with Crippen LogP contribution in [0.15, 0.2) is 0 Å². The van der Waals surface area contributed by atoms with Gasteiger partial charge in [-0.3, -0.25) is 9.59 Å². The average Bonchev–Trinajstić information content (AvgIpc) is 1.98. The quantitative estimate of drug-likeness (QED) is 0.487. The molecule has 5 heteroatoms. The molecule has 0 amide bonds. The number of rotatable bonds is 6. The molecule has 0 aliphatic heterocycles. The van der Waals surface area contributed by atoms with Crippen molar-refractivity contribution >= 4 is 11.9 Å². The number of carbonyl (C=O) groups excluding carboxylic acids is 1. The molecule has 0 aliphatic rings. The van der Waals surface area contributed by atoms with Crippen LogP contribution in [-0.2, 0) is 14.3 Å². The monoisotopic (exact) mass is 191 g/mol. The molecule has 0 aromatic heterocycles. The minimum atomic E-state index is -0.821. The van der Waals surface area contributed by atoms with E-state index >= 15 is 0 Å². The molecule has 0 saturated heterocycles. The molecule has 0 atom stereocenters. The van der Waals surface area contributed by atoms with Gasteiger partial charge in [-0.1, -0.05) is 0 Å². The Morgan fingerprint density at radius 2 is 1.77 bits per heavy atom. The van der Waals surface area contributed by atoms with Gasteiger partial charge < -0.3 is 16.0 Å². The molecule has 0 unspecified atom stereocenters. The Morgan fingerprint density at radius 1 is 1.23 bits per heavy atom. The molecule has 0 radical (unpaired) electrons. The fourth-order valence-electron chi connectivity index (χ4n) is 0.779. The van der Waals surface area contributed by atoms with Gasteiger partial charge >= 0.3 is 11.9 Å². The highest BCUT2D eigenvalue weighted by Gasteiger charge is 2.02. The zero-order valence-electron chi connectivity index (χ0n) is 7.91. The lowest BCUT2D eigenvalue weighted by Crippen LogP contribution is -2.03. The molecule has 0 aliphatic carbocycles. The van der Waals surface area contributed by atoms with Gasteiger partial charge in [0.25, 0.3) is 0 Å². The summed E-state index contributed by atoms with van der Waals surface area (Å²) in [5.41, 5.74) is 0. The Kier molecular flexibility index (Phi) is 9.98. The van der Waals surface area contributed by atoms with Crippen molar-refractivity contribution in [3.63, 3.8) is 0 Å². The number of carbonyl (C=O) groups is 2. The standard InChI is InChI=1S/C8H14O4.H3N/c1-2-12-8(11)6-4-3-5-7(9)10;/h2-6H2,1H3,(H,9,10);1H3. The molecule has 0 aromatic rings. The number of hydrogen-bond acceptors (Lipinski definition) is 4. The molecule has 0 saturated carbocycles. The number of aliphatic carboxylic acids is 1. The van der Waals surface area contributed by atoms with E-state index in [0.717, 1.165) is 0 Å². The van der Waals surface area contributed by atoms with E-state index in [1.165, 1.54) is 0 Å². The van der Waals surface area contributed by atoms with Crippen molar-refractivity contribution in [1.82, 2.24) is 6.15 Å². The highest BCUT2D eigenvalue weighted by molar-refractivity contribution is 5.69. The maximum Gasteiger partial charge on any atom is 0.305 e. The van der Waals surface area contributed by atoms with Crippen LogP contribution in [0.2, 0.25) is 0 Å². The van der Waals surface area contributed by atoms with Crippen molar-refractivity contribution in [1.29, 1.82) is 0 Å². The summed E-state index contributed by atoms with van der Waals surface area (Å²) in [5.74, 6) is -1.07. The van der Waals surface area contributed by atoms with E-state index in [9.17, 15) is 9.59 Å². The van der Waals surface area contributed by atoms with Gasteiger partial charge in [-0.2, -0.15) is 0 Å². The zero-order chi connectivity index (χ0) is 9.40. The molecule has 0 heterocycles. The number of ether oxygens (including phenoxy) is 1. The summed E-state index contributed by atoms with van der Waals surface area (Å²) in [6.45, 7) is 2.13. The first-order valence-electron chi connectivity index (χ1n) is 4.04. The van der Waals surface area contributed by atoms with Gasteiger partial charge in [-0.15, -0.1) is 0 Å². The van der Waals surface area contributed by atoms with Crippen LogP contribution >= 0.6 is 0 Å².